The molecule has 0 aliphatic carbocycles. The summed E-state index contributed by atoms with van der Waals surface area (Å²) in [6.07, 6.45) is 1.44. The standard InChI is InChI=1S/C13H14ClNO5/c1-7(13(17)18)3-8-4-9(14)12(10(5-8)19-2)20-6-11(15)16/h3-5H,6H2,1-2H3,(H2,15,16)(H,17,18). The molecule has 7 heteroatoms. The van der Waals surface area contributed by atoms with Gasteiger partial charge in [-0.1, -0.05) is 11.6 Å². The lowest BCUT2D eigenvalue weighted by atomic mass is 10.1. The van der Waals surface area contributed by atoms with E-state index in [1.807, 2.05) is 0 Å². The number of aliphatic carboxylic acids is 1. The van der Waals surface area contributed by atoms with Crippen LogP contribution < -0.4 is 15.2 Å². The van der Waals surface area contributed by atoms with E-state index in [4.69, 9.17) is 31.9 Å². The Morgan fingerprint density at radius 1 is 1.45 bits per heavy atom. The quantitative estimate of drug-likeness (QED) is 0.779. The van der Waals surface area contributed by atoms with Crippen molar-refractivity contribution >= 4 is 29.6 Å². The average molecular weight is 300 g/mol. The molecule has 0 radical (unpaired) electrons. The van der Waals surface area contributed by atoms with Gasteiger partial charge >= 0.3 is 5.97 Å². The van der Waals surface area contributed by atoms with Gasteiger partial charge in [0.15, 0.2) is 18.1 Å². The van der Waals surface area contributed by atoms with Crippen LogP contribution in [0.3, 0.4) is 0 Å². The molecule has 0 saturated carbocycles. The molecule has 0 atom stereocenters. The molecule has 108 valence electrons. The molecule has 0 heterocycles. The molecule has 0 spiro atoms. The summed E-state index contributed by atoms with van der Waals surface area (Å²) in [5.41, 5.74) is 5.68. The number of carbonyl (C=O) groups excluding carboxylic acids is 1. The number of nitrogens with two attached hydrogens (primary N) is 1. The molecule has 0 aliphatic rings. The highest BCUT2D eigenvalue weighted by atomic mass is 35.5. The van der Waals surface area contributed by atoms with E-state index in [-0.39, 0.29) is 28.7 Å². The number of carboxylic acids is 1. The van der Waals surface area contributed by atoms with Crippen molar-refractivity contribution in [2.45, 2.75) is 6.92 Å². The Morgan fingerprint density at radius 2 is 2.10 bits per heavy atom. The maximum atomic E-state index is 10.8. The molecule has 1 rings (SSSR count). The van der Waals surface area contributed by atoms with E-state index < -0.39 is 11.9 Å². The topological polar surface area (TPSA) is 98.8 Å². The molecule has 20 heavy (non-hydrogen) atoms. The number of carbonyl (C=O) groups is 2. The molecular formula is C13H14ClNO5. The number of methoxy groups -OCH3 is 1. The Morgan fingerprint density at radius 3 is 2.60 bits per heavy atom. The number of ether oxygens (including phenoxy) is 2. The number of hydrogen-bond donors (Lipinski definition) is 2. The number of carboxylic acid groups (broad SMARTS) is 1. The second-order valence-corrected chi connectivity index (χ2v) is 4.33. The largest absolute Gasteiger partial charge is 0.493 e. The van der Waals surface area contributed by atoms with Crippen molar-refractivity contribution in [1.82, 2.24) is 0 Å². The fourth-order valence-electron chi connectivity index (χ4n) is 1.42. The van der Waals surface area contributed by atoms with Crippen LogP contribution in [0.5, 0.6) is 11.5 Å². The van der Waals surface area contributed by atoms with Gasteiger partial charge in [0.25, 0.3) is 5.91 Å². The zero-order chi connectivity index (χ0) is 15.3. The number of rotatable bonds is 6. The van der Waals surface area contributed by atoms with E-state index in [1.165, 1.54) is 26.2 Å². The first kappa shape index (κ1) is 15.8. The van der Waals surface area contributed by atoms with Crippen LogP contribution >= 0.6 is 11.6 Å². The van der Waals surface area contributed by atoms with Gasteiger partial charge in [0.1, 0.15) is 0 Å². The summed E-state index contributed by atoms with van der Waals surface area (Å²) in [5, 5.41) is 9.02. The third-order valence-electron chi connectivity index (χ3n) is 2.33. The van der Waals surface area contributed by atoms with Crippen molar-refractivity contribution in [3.8, 4) is 11.5 Å². The molecular weight excluding hydrogens is 286 g/mol. The second kappa shape index (κ2) is 6.81. The maximum Gasteiger partial charge on any atom is 0.331 e. The normalized spacial score (nSPS) is 11.1. The lowest BCUT2D eigenvalue weighted by Gasteiger charge is -2.12. The van der Waals surface area contributed by atoms with Crippen LogP contribution in [-0.2, 0) is 9.59 Å². The molecule has 0 fully saturated rings. The van der Waals surface area contributed by atoms with Crippen LogP contribution in [0.25, 0.3) is 6.08 Å². The Hall–Kier alpha value is -2.21. The van der Waals surface area contributed by atoms with Crippen LogP contribution in [0.4, 0.5) is 0 Å². The molecule has 6 nitrogen and oxygen atoms in total. The number of amides is 1. The minimum atomic E-state index is -1.03. The predicted molar refractivity (Wildman–Crippen MR) is 74.0 cm³/mol. The Labute approximate surface area is 120 Å². The first-order valence-corrected chi connectivity index (χ1v) is 5.93. The van der Waals surface area contributed by atoms with E-state index >= 15 is 0 Å². The lowest BCUT2D eigenvalue weighted by molar-refractivity contribution is -0.132. The van der Waals surface area contributed by atoms with Crippen LogP contribution in [0.15, 0.2) is 17.7 Å². The van der Waals surface area contributed by atoms with Gasteiger partial charge in [-0.25, -0.2) is 4.79 Å². The fraction of sp³-hybridized carbons (Fsp3) is 0.231. The van der Waals surface area contributed by atoms with Crippen molar-refractivity contribution in [3.63, 3.8) is 0 Å². The van der Waals surface area contributed by atoms with Gasteiger partial charge in [0.2, 0.25) is 0 Å². The van der Waals surface area contributed by atoms with E-state index in [0.29, 0.717) is 5.56 Å². The summed E-state index contributed by atoms with van der Waals surface area (Å²) in [4.78, 5) is 21.5. The molecule has 0 aromatic heterocycles. The van der Waals surface area contributed by atoms with Gasteiger partial charge in [0.05, 0.1) is 12.1 Å². The third-order valence-corrected chi connectivity index (χ3v) is 2.61. The molecule has 3 N–H and O–H groups in total. The van der Waals surface area contributed by atoms with Crippen LogP contribution in [0.2, 0.25) is 5.02 Å². The average Bonchev–Trinajstić information content (AvgIpc) is 2.36. The van der Waals surface area contributed by atoms with Crippen molar-refractivity contribution < 1.29 is 24.2 Å². The Bertz CT molecular complexity index is 568. The van der Waals surface area contributed by atoms with Crippen LogP contribution in [0, 0.1) is 0 Å². The molecule has 1 aromatic rings. The zero-order valence-electron chi connectivity index (χ0n) is 11.0. The van der Waals surface area contributed by atoms with Crippen molar-refractivity contribution in [3.05, 3.63) is 28.3 Å². The van der Waals surface area contributed by atoms with E-state index in [9.17, 15) is 9.59 Å². The second-order valence-electron chi connectivity index (χ2n) is 3.92. The van der Waals surface area contributed by atoms with E-state index in [2.05, 4.69) is 0 Å². The van der Waals surface area contributed by atoms with Crippen LogP contribution in [0.1, 0.15) is 12.5 Å². The summed E-state index contributed by atoms with van der Waals surface area (Å²) >= 11 is 6.03. The molecule has 0 aliphatic heterocycles. The summed E-state index contributed by atoms with van der Waals surface area (Å²) in [6.45, 7) is 1.12. The van der Waals surface area contributed by atoms with Gasteiger partial charge in [-0.3, -0.25) is 4.79 Å². The highest BCUT2D eigenvalue weighted by molar-refractivity contribution is 6.32. The zero-order valence-corrected chi connectivity index (χ0v) is 11.7. The molecule has 0 saturated heterocycles. The SMILES string of the molecule is COc1cc(C=C(C)C(=O)O)cc(Cl)c1OCC(N)=O. The van der Waals surface area contributed by atoms with Crippen molar-refractivity contribution in [2.75, 3.05) is 13.7 Å². The Kier molecular flexibility index (Phi) is 5.40. The third kappa shape index (κ3) is 4.17. The number of benzene rings is 1. The van der Waals surface area contributed by atoms with Gasteiger partial charge in [-0.2, -0.15) is 0 Å². The summed E-state index contributed by atoms with van der Waals surface area (Å²) in [5.74, 6) is -1.22. The molecule has 0 unspecified atom stereocenters. The van der Waals surface area contributed by atoms with E-state index in [1.54, 1.807) is 6.07 Å². The summed E-state index contributed by atoms with van der Waals surface area (Å²) in [6, 6.07) is 3.06. The smallest absolute Gasteiger partial charge is 0.331 e. The first-order chi connectivity index (χ1) is 9.35. The highest BCUT2D eigenvalue weighted by Gasteiger charge is 2.13. The minimum absolute atomic E-state index is 0.147. The minimum Gasteiger partial charge on any atom is -0.493 e. The number of halogens is 1. The number of primary amides is 1. The molecule has 0 bridgehead atoms. The van der Waals surface area contributed by atoms with Crippen molar-refractivity contribution in [2.24, 2.45) is 5.73 Å². The van der Waals surface area contributed by atoms with Gasteiger partial charge in [-0.05, 0) is 30.7 Å². The van der Waals surface area contributed by atoms with E-state index in [0.717, 1.165) is 0 Å². The molecule has 1 amide bonds. The van der Waals surface area contributed by atoms with Crippen LogP contribution in [-0.4, -0.2) is 30.7 Å². The van der Waals surface area contributed by atoms with Gasteiger partial charge < -0.3 is 20.3 Å². The molecule has 1 aromatic carbocycles. The number of hydrogen-bond acceptors (Lipinski definition) is 4. The first-order valence-electron chi connectivity index (χ1n) is 5.55. The van der Waals surface area contributed by atoms with Gasteiger partial charge in [0, 0.05) is 5.57 Å². The fourth-order valence-corrected chi connectivity index (χ4v) is 1.69. The van der Waals surface area contributed by atoms with Gasteiger partial charge in [-0.15, -0.1) is 0 Å². The van der Waals surface area contributed by atoms with Crippen molar-refractivity contribution in [1.29, 1.82) is 0 Å². The summed E-state index contributed by atoms with van der Waals surface area (Å²) < 4.78 is 10.3. The summed E-state index contributed by atoms with van der Waals surface area (Å²) in [7, 11) is 1.40. The highest BCUT2D eigenvalue weighted by Crippen LogP contribution is 2.36. The maximum absolute atomic E-state index is 10.8. The Balaban J connectivity index is 3.16. The lowest BCUT2D eigenvalue weighted by Crippen LogP contribution is -2.20. The predicted octanol–water partition coefficient (Wildman–Crippen LogP) is 1.70. The monoisotopic (exact) mass is 299 g/mol.